The predicted molar refractivity (Wildman–Crippen MR) is 117 cm³/mol. The maximum Gasteiger partial charge on any atom is 0.317 e. The number of nitrogens with zero attached hydrogens (tertiary/aromatic N) is 1. The molecule has 0 saturated heterocycles. The van der Waals surface area contributed by atoms with Gasteiger partial charge >= 0.3 is 11.9 Å². The summed E-state index contributed by atoms with van der Waals surface area (Å²) in [7, 11) is 0. The van der Waals surface area contributed by atoms with Crippen molar-refractivity contribution in [3.05, 3.63) is 35.4 Å². The van der Waals surface area contributed by atoms with Crippen LogP contribution in [-0.4, -0.2) is 59.1 Å². The summed E-state index contributed by atoms with van der Waals surface area (Å²) in [5.41, 5.74) is 2.29. The van der Waals surface area contributed by atoms with Crippen molar-refractivity contribution in [2.45, 2.75) is 58.8 Å². The summed E-state index contributed by atoms with van der Waals surface area (Å²) in [6, 6.07) is 8.25. The van der Waals surface area contributed by atoms with E-state index in [0.29, 0.717) is 19.0 Å². The van der Waals surface area contributed by atoms with Crippen LogP contribution in [0.4, 0.5) is 0 Å². The zero-order valence-corrected chi connectivity index (χ0v) is 18.4. The molecule has 7 heteroatoms. The summed E-state index contributed by atoms with van der Waals surface area (Å²) >= 11 is 0. The molecule has 3 N–H and O–H groups in total. The molecular weight excluding hydrogens is 384 g/mol. The Kier molecular flexibility index (Phi) is 11.7. The highest BCUT2D eigenvalue weighted by atomic mass is 16.4. The first-order valence-electron chi connectivity index (χ1n) is 10.7. The number of rotatable bonds is 15. The van der Waals surface area contributed by atoms with Gasteiger partial charge in [0.25, 0.3) is 0 Å². The van der Waals surface area contributed by atoms with Crippen molar-refractivity contribution in [3.8, 4) is 0 Å². The van der Waals surface area contributed by atoms with Crippen molar-refractivity contribution >= 4 is 17.8 Å². The quantitative estimate of drug-likeness (QED) is 0.376. The Balaban J connectivity index is 2.24. The smallest absolute Gasteiger partial charge is 0.317 e. The summed E-state index contributed by atoms with van der Waals surface area (Å²) in [4.78, 5) is 35.3. The normalized spacial score (nSPS) is 12.2. The number of amides is 1. The molecule has 1 rings (SSSR count). The summed E-state index contributed by atoms with van der Waals surface area (Å²) in [6.07, 6.45) is 4.35. The number of benzene rings is 1. The predicted octanol–water partition coefficient (Wildman–Crippen LogP) is 3.14. The van der Waals surface area contributed by atoms with Crippen LogP contribution in [0.2, 0.25) is 0 Å². The van der Waals surface area contributed by atoms with Gasteiger partial charge in [0.2, 0.25) is 5.91 Å². The van der Waals surface area contributed by atoms with E-state index in [1.165, 1.54) is 10.5 Å². The van der Waals surface area contributed by atoms with E-state index in [-0.39, 0.29) is 24.9 Å². The Morgan fingerprint density at radius 1 is 0.900 bits per heavy atom. The minimum absolute atomic E-state index is 0.0145. The highest BCUT2D eigenvalue weighted by molar-refractivity contribution is 5.83. The number of carbonyl (C=O) groups is 3. The van der Waals surface area contributed by atoms with Crippen molar-refractivity contribution in [1.82, 2.24) is 10.2 Å². The van der Waals surface area contributed by atoms with Crippen LogP contribution in [0.1, 0.15) is 63.5 Å². The second-order valence-electron chi connectivity index (χ2n) is 8.26. The van der Waals surface area contributed by atoms with E-state index in [1.54, 1.807) is 0 Å². The Morgan fingerprint density at radius 3 is 2.00 bits per heavy atom. The van der Waals surface area contributed by atoms with Crippen LogP contribution >= 0.6 is 0 Å². The van der Waals surface area contributed by atoms with Gasteiger partial charge in [-0.3, -0.25) is 19.3 Å². The fraction of sp³-hybridized carbons (Fsp3) is 0.609. The molecule has 0 spiro atoms. The van der Waals surface area contributed by atoms with Gasteiger partial charge in [-0.1, -0.05) is 51.0 Å². The zero-order chi connectivity index (χ0) is 22.5. The molecule has 30 heavy (non-hydrogen) atoms. The van der Waals surface area contributed by atoms with E-state index in [1.807, 2.05) is 19.1 Å². The molecule has 0 unspecified atom stereocenters. The van der Waals surface area contributed by atoms with Crippen LogP contribution in [0.25, 0.3) is 0 Å². The van der Waals surface area contributed by atoms with E-state index in [2.05, 4.69) is 31.3 Å². The largest absolute Gasteiger partial charge is 0.480 e. The van der Waals surface area contributed by atoms with E-state index >= 15 is 0 Å². The SMILES string of the molecule is CC(C)Cc1ccc([C@H](C)C(=O)NCCCCCCN(CC(=O)O)CC(=O)O)cc1. The fourth-order valence-electron chi connectivity index (χ4n) is 3.34. The third-order valence-electron chi connectivity index (χ3n) is 4.94. The molecule has 1 amide bonds. The topological polar surface area (TPSA) is 107 Å². The minimum atomic E-state index is -1.03. The van der Waals surface area contributed by atoms with E-state index in [4.69, 9.17) is 10.2 Å². The van der Waals surface area contributed by atoms with Gasteiger partial charge in [-0.15, -0.1) is 0 Å². The van der Waals surface area contributed by atoms with Gasteiger partial charge in [0.1, 0.15) is 0 Å². The molecular formula is C23H36N2O5. The van der Waals surface area contributed by atoms with Crippen LogP contribution in [0.15, 0.2) is 24.3 Å². The maximum absolute atomic E-state index is 12.4. The summed E-state index contributed by atoms with van der Waals surface area (Å²) < 4.78 is 0. The number of carbonyl (C=O) groups excluding carboxylic acids is 1. The van der Waals surface area contributed by atoms with Gasteiger partial charge < -0.3 is 15.5 Å². The average Bonchev–Trinajstić information content (AvgIpc) is 2.65. The number of carboxylic acids is 2. The van der Waals surface area contributed by atoms with Gasteiger partial charge in [-0.2, -0.15) is 0 Å². The lowest BCUT2D eigenvalue weighted by Crippen LogP contribution is -2.35. The number of unbranched alkanes of at least 4 members (excludes halogenated alkanes) is 3. The van der Waals surface area contributed by atoms with Crippen molar-refractivity contribution in [2.24, 2.45) is 5.92 Å². The molecule has 0 aromatic heterocycles. The molecule has 1 atom stereocenters. The Bertz CT molecular complexity index is 657. The lowest BCUT2D eigenvalue weighted by atomic mass is 9.96. The van der Waals surface area contributed by atoms with E-state index in [9.17, 15) is 14.4 Å². The maximum atomic E-state index is 12.4. The second-order valence-corrected chi connectivity index (χ2v) is 8.26. The molecule has 0 fully saturated rings. The monoisotopic (exact) mass is 420 g/mol. The lowest BCUT2D eigenvalue weighted by Gasteiger charge is -2.17. The molecule has 0 bridgehead atoms. The van der Waals surface area contributed by atoms with E-state index in [0.717, 1.165) is 37.7 Å². The highest BCUT2D eigenvalue weighted by Gasteiger charge is 2.15. The van der Waals surface area contributed by atoms with Crippen molar-refractivity contribution in [2.75, 3.05) is 26.2 Å². The van der Waals surface area contributed by atoms with Crippen LogP contribution in [0, 0.1) is 5.92 Å². The Morgan fingerprint density at radius 2 is 1.47 bits per heavy atom. The Labute approximate surface area is 179 Å². The zero-order valence-electron chi connectivity index (χ0n) is 18.4. The molecule has 0 aliphatic carbocycles. The average molecular weight is 421 g/mol. The summed E-state index contributed by atoms with van der Waals surface area (Å²) in [5.74, 6) is -1.63. The molecule has 0 heterocycles. The van der Waals surface area contributed by atoms with Crippen LogP contribution in [0.5, 0.6) is 0 Å². The van der Waals surface area contributed by atoms with Gasteiger partial charge in [-0.25, -0.2) is 0 Å². The number of hydrogen-bond donors (Lipinski definition) is 3. The van der Waals surface area contributed by atoms with Crippen molar-refractivity contribution in [3.63, 3.8) is 0 Å². The second kappa shape index (κ2) is 13.7. The van der Waals surface area contributed by atoms with Crippen LogP contribution < -0.4 is 5.32 Å². The van der Waals surface area contributed by atoms with Crippen LogP contribution in [0.3, 0.4) is 0 Å². The summed E-state index contributed by atoms with van der Waals surface area (Å²) in [6.45, 7) is 6.79. The molecule has 7 nitrogen and oxygen atoms in total. The third kappa shape index (κ3) is 11.0. The molecule has 0 radical (unpaired) electrons. The van der Waals surface area contributed by atoms with Gasteiger partial charge in [-0.05, 0) is 49.8 Å². The number of carboxylic acid groups (broad SMARTS) is 2. The lowest BCUT2D eigenvalue weighted by molar-refractivity contribution is -0.141. The van der Waals surface area contributed by atoms with Gasteiger partial charge in [0.05, 0.1) is 19.0 Å². The summed E-state index contributed by atoms with van der Waals surface area (Å²) in [5, 5.41) is 20.6. The number of hydrogen-bond acceptors (Lipinski definition) is 4. The van der Waals surface area contributed by atoms with Gasteiger partial charge in [0.15, 0.2) is 0 Å². The van der Waals surface area contributed by atoms with Crippen LogP contribution in [-0.2, 0) is 20.8 Å². The van der Waals surface area contributed by atoms with Gasteiger partial charge in [0, 0.05) is 6.54 Å². The molecule has 168 valence electrons. The molecule has 1 aromatic rings. The van der Waals surface area contributed by atoms with Crippen molar-refractivity contribution < 1.29 is 24.6 Å². The van der Waals surface area contributed by atoms with E-state index < -0.39 is 11.9 Å². The number of aliphatic carboxylic acids is 2. The standard InChI is InChI=1S/C23H36N2O5/c1-17(2)14-19-8-10-20(11-9-19)18(3)23(30)24-12-6-4-5-7-13-25(15-21(26)27)16-22(28)29/h8-11,17-18H,4-7,12-16H2,1-3H3,(H,24,30)(H,26,27)(H,28,29)/t18-/m0/s1. The number of nitrogens with one attached hydrogen (secondary N) is 1. The first kappa shape index (κ1) is 25.6. The Hall–Kier alpha value is -2.41. The fourth-order valence-corrected chi connectivity index (χ4v) is 3.34. The third-order valence-corrected chi connectivity index (χ3v) is 4.94. The van der Waals surface area contributed by atoms with Crippen molar-refractivity contribution in [1.29, 1.82) is 0 Å². The first-order valence-corrected chi connectivity index (χ1v) is 10.7. The molecule has 1 aromatic carbocycles. The first-order chi connectivity index (χ1) is 14.2. The molecule has 0 aliphatic rings. The molecule has 0 saturated carbocycles. The highest BCUT2D eigenvalue weighted by Crippen LogP contribution is 2.17. The molecule has 0 aliphatic heterocycles. The minimum Gasteiger partial charge on any atom is -0.480 e.